The average Bonchev–Trinajstić information content (AvgIpc) is 3.03. The van der Waals surface area contributed by atoms with Crippen LogP contribution in [0.15, 0.2) is 10.7 Å². The molecule has 1 amide bonds. The summed E-state index contributed by atoms with van der Waals surface area (Å²) in [5.41, 5.74) is 0.696. The van der Waals surface area contributed by atoms with Crippen LogP contribution in [0.1, 0.15) is 36.7 Å². The Morgan fingerprint density at radius 1 is 1.69 bits per heavy atom. The Labute approximate surface area is 103 Å². The van der Waals surface area contributed by atoms with E-state index >= 15 is 0 Å². The van der Waals surface area contributed by atoms with Crippen LogP contribution < -0.4 is 5.32 Å². The predicted octanol–water partition coefficient (Wildman–Crippen LogP) is 1.90. The van der Waals surface area contributed by atoms with E-state index in [0.29, 0.717) is 18.2 Å². The van der Waals surface area contributed by atoms with Gasteiger partial charge >= 0.3 is 0 Å². The second-order valence-corrected chi connectivity index (χ2v) is 5.49. The van der Waals surface area contributed by atoms with E-state index in [1.54, 1.807) is 6.07 Å². The van der Waals surface area contributed by atoms with Crippen LogP contribution in [0.25, 0.3) is 0 Å². The number of carbonyl (C=O) groups is 1. The molecule has 1 aliphatic heterocycles. The van der Waals surface area contributed by atoms with Gasteiger partial charge in [-0.3, -0.25) is 9.48 Å². The fourth-order valence-electron chi connectivity index (χ4n) is 2.75. The van der Waals surface area contributed by atoms with E-state index in [1.165, 1.54) is 12.8 Å². The molecule has 16 heavy (non-hydrogen) atoms. The molecule has 0 saturated heterocycles. The molecule has 5 heteroatoms. The molecule has 3 rings (SSSR count). The van der Waals surface area contributed by atoms with Crippen molar-refractivity contribution in [2.75, 3.05) is 6.54 Å². The standard InChI is InChI=1S/C11H14BrN3O/c1-2-11(7-3-4-7)6-13-10(16)8-5-9(12)14-15(8)11/h5,7H,2-4,6H2,1H3,(H,13,16). The van der Waals surface area contributed by atoms with Gasteiger partial charge in [0.25, 0.3) is 5.91 Å². The summed E-state index contributed by atoms with van der Waals surface area (Å²) in [6.45, 7) is 2.89. The Kier molecular flexibility index (Phi) is 2.14. The molecule has 0 bridgehead atoms. The first-order valence-electron chi connectivity index (χ1n) is 5.71. The topological polar surface area (TPSA) is 46.9 Å². The van der Waals surface area contributed by atoms with Gasteiger partial charge in [0.05, 0.1) is 5.54 Å². The van der Waals surface area contributed by atoms with Gasteiger partial charge < -0.3 is 5.32 Å². The summed E-state index contributed by atoms with van der Waals surface area (Å²) in [5.74, 6) is 0.659. The zero-order valence-corrected chi connectivity index (χ0v) is 10.7. The van der Waals surface area contributed by atoms with Crippen molar-refractivity contribution in [2.24, 2.45) is 5.92 Å². The number of amides is 1. The van der Waals surface area contributed by atoms with Crippen molar-refractivity contribution in [2.45, 2.75) is 31.7 Å². The van der Waals surface area contributed by atoms with E-state index in [-0.39, 0.29) is 11.4 Å². The van der Waals surface area contributed by atoms with Crippen LogP contribution in [0.2, 0.25) is 0 Å². The minimum atomic E-state index is -0.0112. The summed E-state index contributed by atoms with van der Waals surface area (Å²) in [4.78, 5) is 11.8. The lowest BCUT2D eigenvalue weighted by Gasteiger charge is -2.38. The quantitative estimate of drug-likeness (QED) is 0.901. The van der Waals surface area contributed by atoms with Crippen LogP contribution in [0.3, 0.4) is 0 Å². The normalized spacial score (nSPS) is 28.8. The van der Waals surface area contributed by atoms with E-state index in [1.807, 2.05) is 4.68 Å². The Morgan fingerprint density at radius 2 is 2.44 bits per heavy atom. The lowest BCUT2D eigenvalue weighted by Crippen LogP contribution is -2.53. The molecule has 2 heterocycles. The Balaban J connectivity index is 2.15. The average molecular weight is 284 g/mol. The first-order chi connectivity index (χ1) is 7.67. The molecule has 2 aliphatic rings. The third-order valence-electron chi connectivity index (χ3n) is 3.84. The summed E-state index contributed by atoms with van der Waals surface area (Å²) >= 11 is 3.36. The molecule has 1 aromatic heterocycles. The maximum atomic E-state index is 11.8. The summed E-state index contributed by atoms with van der Waals surface area (Å²) < 4.78 is 2.70. The van der Waals surface area contributed by atoms with E-state index in [2.05, 4.69) is 33.3 Å². The summed E-state index contributed by atoms with van der Waals surface area (Å²) in [6, 6.07) is 1.81. The molecule has 0 aromatic carbocycles. The van der Waals surface area contributed by atoms with Crippen LogP contribution in [0.4, 0.5) is 0 Å². The van der Waals surface area contributed by atoms with Crippen molar-refractivity contribution in [3.63, 3.8) is 0 Å². The van der Waals surface area contributed by atoms with Crippen LogP contribution in [0, 0.1) is 5.92 Å². The number of hydrogen-bond donors (Lipinski definition) is 1. The number of carbonyl (C=O) groups excluding carboxylic acids is 1. The van der Waals surface area contributed by atoms with Gasteiger partial charge in [0.15, 0.2) is 0 Å². The SMILES string of the molecule is CCC1(C2CC2)CNC(=O)c2cc(Br)nn21. The molecule has 1 saturated carbocycles. The van der Waals surface area contributed by atoms with Crippen LogP contribution in [-0.2, 0) is 5.54 Å². The van der Waals surface area contributed by atoms with Crippen LogP contribution in [0.5, 0.6) is 0 Å². The molecule has 1 aromatic rings. The van der Waals surface area contributed by atoms with E-state index in [0.717, 1.165) is 11.0 Å². The molecular formula is C11H14BrN3O. The first kappa shape index (κ1) is 10.3. The van der Waals surface area contributed by atoms with E-state index in [4.69, 9.17) is 0 Å². The predicted molar refractivity (Wildman–Crippen MR) is 63.2 cm³/mol. The monoisotopic (exact) mass is 283 g/mol. The lowest BCUT2D eigenvalue weighted by molar-refractivity contribution is 0.0821. The fourth-order valence-corrected chi connectivity index (χ4v) is 3.13. The van der Waals surface area contributed by atoms with Gasteiger partial charge in [-0.1, -0.05) is 6.92 Å². The van der Waals surface area contributed by atoms with E-state index < -0.39 is 0 Å². The number of nitrogens with zero attached hydrogens (tertiary/aromatic N) is 2. The zero-order valence-electron chi connectivity index (χ0n) is 9.16. The molecule has 1 unspecified atom stereocenters. The maximum Gasteiger partial charge on any atom is 0.269 e. The third-order valence-corrected chi connectivity index (χ3v) is 4.23. The molecule has 0 spiro atoms. The van der Waals surface area contributed by atoms with Gasteiger partial charge in [-0.05, 0) is 41.1 Å². The largest absolute Gasteiger partial charge is 0.348 e. The number of rotatable bonds is 2. The van der Waals surface area contributed by atoms with Crippen molar-refractivity contribution in [1.29, 1.82) is 0 Å². The zero-order chi connectivity index (χ0) is 11.3. The lowest BCUT2D eigenvalue weighted by atomic mass is 9.88. The fraction of sp³-hybridized carbons (Fsp3) is 0.636. The smallest absolute Gasteiger partial charge is 0.269 e. The summed E-state index contributed by atoms with van der Waals surface area (Å²) in [5, 5.41) is 7.45. The van der Waals surface area contributed by atoms with Crippen LogP contribution in [-0.4, -0.2) is 22.2 Å². The second kappa shape index (κ2) is 3.32. The molecule has 1 aliphatic carbocycles. The molecular weight excluding hydrogens is 270 g/mol. The van der Waals surface area contributed by atoms with Gasteiger partial charge in [0.2, 0.25) is 0 Å². The highest BCUT2D eigenvalue weighted by Gasteiger charge is 2.49. The Morgan fingerprint density at radius 3 is 3.06 bits per heavy atom. The minimum Gasteiger partial charge on any atom is -0.348 e. The van der Waals surface area contributed by atoms with Crippen molar-refractivity contribution >= 4 is 21.8 Å². The number of fused-ring (bicyclic) bond motifs is 1. The number of aromatic nitrogens is 2. The minimum absolute atomic E-state index is 0.00919. The first-order valence-corrected chi connectivity index (χ1v) is 6.51. The maximum absolute atomic E-state index is 11.8. The van der Waals surface area contributed by atoms with Crippen molar-refractivity contribution in [3.8, 4) is 0 Å². The summed E-state index contributed by atoms with van der Waals surface area (Å²) in [6.07, 6.45) is 3.51. The number of hydrogen-bond acceptors (Lipinski definition) is 2. The molecule has 0 radical (unpaired) electrons. The molecule has 1 fully saturated rings. The van der Waals surface area contributed by atoms with Crippen molar-refractivity contribution < 1.29 is 4.79 Å². The van der Waals surface area contributed by atoms with Gasteiger partial charge in [0.1, 0.15) is 10.3 Å². The van der Waals surface area contributed by atoms with Crippen LogP contribution >= 0.6 is 15.9 Å². The number of nitrogens with one attached hydrogen (secondary N) is 1. The number of halogens is 1. The highest BCUT2D eigenvalue weighted by Crippen LogP contribution is 2.47. The Hall–Kier alpha value is -0.840. The summed E-state index contributed by atoms with van der Waals surface area (Å²) in [7, 11) is 0. The van der Waals surface area contributed by atoms with E-state index in [9.17, 15) is 4.79 Å². The van der Waals surface area contributed by atoms with Crippen molar-refractivity contribution in [3.05, 3.63) is 16.4 Å². The Bertz CT molecular complexity index is 452. The second-order valence-electron chi connectivity index (χ2n) is 4.68. The highest BCUT2D eigenvalue weighted by molar-refractivity contribution is 9.10. The molecule has 4 nitrogen and oxygen atoms in total. The molecule has 1 atom stereocenters. The van der Waals surface area contributed by atoms with Gasteiger partial charge in [-0.2, -0.15) is 5.10 Å². The third kappa shape index (κ3) is 1.27. The van der Waals surface area contributed by atoms with Gasteiger partial charge in [0, 0.05) is 12.6 Å². The van der Waals surface area contributed by atoms with Crippen molar-refractivity contribution in [1.82, 2.24) is 15.1 Å². The van der Waals surface area contributed by atoms with Gasteiger partial charge in [-0.15, -0.1) is 0 Å². The molecule has 1 N–H and O–H groups in total. The van der Waals surface area contributed by atoms with Gasteiger partial charge in [-0.25, -0.2) is 0 Å². The highest BCUT2D eigenvalue weighted by atomic mass is 79.9. The molecule has 86 valence electrons.